The average Bonchev–Trinajstić information content (AvgIpc) is 2.77. The number of anilines is 1. The van der Waals surface area contributed by atoms with Crippen molar-refractivity contribution in [2.45, 2.75) is 57.9 Å². The van der Waals surface area contributed by atoms with E-state index < -0.39 is 30.2 Å². The third kappa shape index (κ3) is 5.79. The van der Waals surface area contributed by atoms with E-state index in [9.17, 15) is 18.3 Å². The molecular formula is C27H35F3N2O. The summed E-state index contributed by atoms with van der Waals surface area (Å²) in [7, 11) is 0. The van der Waals surface area contributed by atoms with Crippen molar-refractivity contribution in [2.75, 3.05) is 31.1 Å². The third-order valence-corrected chi connectivity index (χ3v) is 6.62. The lowest BCUT2D eigenvalue weighted by Crippen LogP contribution is -2.56. The predicted molar refractivity (Wildman–Crippen MR) is 129 cm³/mol. The summed E-state index contributed by atoms with van der Waals surface area (Å²) < 4.78 is 43.0. The van der Waals surface area contributed by atoms with Gasteiger partial charge in [-0.2, -0.15) is 13.2 Å². The standard InChI is InChI=1S/C27H35F3N2O/c1-5-31(6-2)18-21-11-9-14-23(17-21)25(3,4)19-26(33,27(28,29)30)20-32-16-10-13-22-12-7-8-15-24(22)32/h7-15,17,33H,5-6,16,18-20H2,1-4H3. The zero-order valence-corrected chi connectivity index (χ0v) is 20.0. The van der Waals surface area contributed by atoms with Crippen molar-refractivity contribution in [1.29, 1.82) is 0 Å². The molecule has 1 unspecified atom stereocenters. The van der Waals surface area contributed by atoms with Gasteiger partial charge in [0, 0.05) is 18.8 Å². The molecule has 0 radical (unpaired) electrons. The molecule has 2 aromatic carbocycles. The van der Waals surface area contributed by atoms with Crippen molar-refractivity contribution in [3.63, 3.8) is 0 Å². The van der Waals surface area contributed by atoms with Crippen LogP contribution in [-0.2, 0) is 12.0 Å². The molecule has 3 nitrogen and oxygen atoms in total. The Balaban J connectivity index is 1.88. The first kappa shape index (κ1) is 25.3. The average molecular weight is 461 g/mol. The first-order chi connectivity index (χ1) is 15.5. The largest absolute Gasteiger partial charge is 0.418 e. The lowest BCUT2D eigenvalue weighted by Gasteiger charge is -2.42. The van der Waals surface area contributed by atoms with Crippen molar-refractivity contribution in [1.82, 2.24) is 4.90 Å². The molecule has 0 saturated carbocycles. The van der Waals surface area contributed by atoms with Gasteiger partial charge in [-0.3, -0.25) is 4.90 Å². The fourth-order valence-corrected chi connectivity index (χ4v) is 4.66. The minimum atomic E-state index is -4.76. The van der Waals surface area contributed by atoms with Gasteiger partial charge in [-0.15, -0.1) is 0 Å². The van der Waals surface area contributed by atoms with E-state index in [0.717, 1.165) is 36.3 Å². The van der Waals surface area contributed by atoms with Gasteiger partial charge in [0.25, 0.3) is 0 Å². The molecule has 1 heterocycles. The summed E-state index contributed by atoms with van der Waals surface area (Å²) >= 11 is 0. The number of nitrogens with zero attached hydrogens (tertiary/aromatic N) is 2. The molecule has 0 fully saturated rings. The summed E-state index contributed by atoms with van der Waals surface area (Å²) in [4.78, 5) is 3.88. The molecule has 0 spiro atoms. The van der Waals surface area contributed by atoms with E-state index in [0.29, 0.717) is 12.2 Å². The summed E-state index contributed by atoms with van der Waals surface area (Å²) in [6, 6.07) is 15.1. The second kappa shape index (κ2) is 9.90. The van der Waals surface area contributed by atoms with Gasteiger partial charge in [0.2, 0.25) is 0 Å². The Morgan fingerprint density at radius 1 is 1.00 bits per heavy atom. The Kier molecular flexibility index (Phi) is 7.59. The maximum absolute atomic E-state index is 14.3. The van der Waals surface area contributed by atoms with Crippen LogP contribution in [0.4, 0.5) is 18.9 Å². The van der Waals surface area contributed by atoms with E-state index in [2.05, 4.69) is 18.7 Å². The topological polar surface area (TPSA) is 26.7 Å². The van der Waals surface area contributed by atoms with Crippen LogP contribution in [0.15, 0.2) is 54.6 Å². The van der Waals surface area contributed by atoms with E-state index >= 15 is 0 Å². The zero-order chi connectivity index (χ0) is 24.3. The van der Waals surface area contributed by atoms with E-state index in [1.165, 1.54) is 0 Å². The fourth-order valence-electron chi connectivity index (χ4n) is 4.66. The monoisotopic (exact) mass is 460 g/mol. The smallest absolute Gasteiger partial charge is 0.379 e. The van der Waals surface area contributed by atoms with Crippen molar-refractivity contribution in [3.05, 3.63) is 71.3 Å². The Morgan fingerprint density at radius 2 is 1.70 bits per heavy atom. The van der Waals surface area contributed by atoms with E-state index in [1.54, 1.807) is 24.8 Å². The molecule has 1 aliphatic rings. The molecule has 6 heteroatoms. The number of halogens is 3. The molecule has 0 saturated heterocycles. The van der Waals surface area contributed by atoms with Crippen LogP contribution in [0.2, 0.25) is 0 Å². The molecule has 2 aromatic rings. The maximum Gasteiger partial charge on any atom is 0.418 e. The van der Waals surface area contributed by atoms with Gasteiger partial charge >= 0.3 is 6.18 Å². The number of aliphatic hydroxyl groups is 1. The minimum Gasteiger partial charge on any atom is -0.379 e. The van der Waals surface area contributed by atoms with Crippen molar-refractivity contribution >= 4 is 11.8 Å². The maximum atomic E-state index is 14.3. The summed E-state index contributed by atoms with van der Waals surface area (Å²) in [6.45, 7) is 10.1. The highest BCUT2D eigenvalue weighted by molar-refractivity contribution is 5.71. The molecule has 0 aliphatic carbocycles. The van der Waals surface area contributed by atoms with Gasteiger partial charge in [0.15, 0.2) is 5.60 Å². The van der Waals surface area contributed by atoms with Gasteiger partial charge in [0.05, 0.1) is 6.54 Å². The van der Waals surface area contributed by atoms with Gasteiger partial charge in [-0.05, 0) is 47.7 Å². The third-order valence-electron chi connectivity index (χ3n) is 6.62. The zero-order valence-electron chi connectivity index (χ0n) is 20.0. The number of para-hydroxylation sites is 1. The predicted octanol–water partition coefficient (Wildman–Crippen LogP) is 6.02. The molecule has 1 aliphatic heterocycles. The molecule has 1 atom stereocenters. The Labute approximate surface area is 195 Å². The molecular weight excluding hydrogens is 425 g/mol. The number of benzene rings is 2. The number of fused-ring (bicyclic) bond motifs is 1. The fraction of sp³-hybridized carbons (Fsp3) is 0.481. The first-order valence-corrected chi connectivity index (χ1v) is 11.6. The Hall–Kier alpha value is -2.31. The molecule has 0 amide bonds. The molecule has 3 rings (SSSR count). The van der Waals surface area contributed by atoms with Gasteiger partial charge in [-0.1, -0.05) is 82.3 Å². The Morgan fingerprint density at radius 3 is 2.36 bits per heavy atom. The minimum absolute atomic E-state index is 0.329. The number of rotatable bonds is 9. The van der Waals surface area contributed by atoms with E-state index in [1.807, 2.05) is 54.6 Å². The SMILES string of the molecule is CCN(CC)Cc1cccc(C(C)(C)CC(O)(CN2CC=Cc3ccccc32)C(F)(F)F)c1. The second-order valence-corrected chi connectivity index (χ2v) is 9.59. The summed E-state index contributed by atoms with van der Waals surface area (Å²) in [5, 5.41) is 11.1. The quantitative estimate of drug-likeness (QED) is 0.496. The summed E-state index contributed by atoms with van der Waals surface area (Å²) in [5.74, 6) is 0. The van der Waals surface area contributed by atoms with Gasteiger partial charge in [0.1, 0.15) is 0 Å². The van der Waals surface area contributed by atoms with Crippen LogP contribution >= 0.6 is 0 Å². The summed E-state index contributed by atoms with van der Waals surface area (Å²) in [5.41, 5.74) is -0.305. The molecule has 1 N–H and O–H groups in total. The summed E-state index contributed by atoms with van der Waals surface area (Å²) in [6.07, 6.45) is -1.45. The molecule has 33 heavy (non-hydrogen) atoms. The first-order valence-electron chi connectivity index (χ1n) is 11.6. The van der Waals surface area contributed by atoms with Crippen LogP contribution in [0.25, 0.3) is 6.08 Å². The molecule has 0 aromatic heterocycles. The lowest BCUT2D eigenvalue weighted by atomic mass is 9.74. The highest BCUT2D eigenvalue weighted by Crippen LogP contribution is 2.43. The van der Waals surface area contributed by atoms with Crippen LogP contribution in [0.1, 0.15) is 50.8 Å². The number of β-amino-alcohol motifs (C(OH)–C–C–N with tert-alkyl or cyclic N) is 1. The lowest BCUT2D eigenvalue weighted by molar-refractivity contribution is -0.262. The Bertz CT molecular complexity index is 966. The van der Waals surface area contributed by atoms with Crippen molar-refractivity contribution in [2.24, 2.45) is 0 Å². The highest BCUT2D eigenvalue weighted by Gasteiger charge is 2.56. The van der Waals surface area contributed by atoms with Crippen LogP contribution in [0.5, 0.6) is 0 Å². The van der Waals surface area contributed by atoms with Crippen molar-refractivity contribution in [3.8, 4) is 0 Å². The van der Waals surface area contributed by atoms with Gasteiger partial charge < -0.3 is 10.0 Å². The van der Waals surface area contributed by atoms with Crippen LogP contribution in [0, 0.1) is 0 Å². The van der Waals surface area contributed by atoms with Crippen LogP contribution in [0.3, 0.4) is 0 Å². The second-order valence-electron chi connectivity index (χ2n) is 9.59. The number of hydrogen-bond acceptors (Lipinski definition) is 3. The van der Waals surface area contributed by atoms with Crippen LogP contribution < -0.4 is 4.90 Å². The van der Waals surface area contributed by atoms with Crippen molar-refractivity contribution < 1.29 is 18.3 Å². The normalized spacial score (nSPS) is 16.1. The van der Waals surface area contributed by atoms with Crippen LogP contribution in [-0.4, -0.2) is 48.0 Å². The number of alkyl halides is 3. The molecule has 180 valence electrons. The number of hydrogen-bond donors (Lipinski definition) is 1. The highest BCUT2D eigenvalue weighted by atomic mass is 19.4. The van der Waals surface area contributed by atoms with E-state index in [-0.39, 0.29) is 0 Å². The van der Waals surface area contributed by atoms with E-state index in [4.69, 9.17) is 0 Å². The molecule has 0 bridgehead atoms. The van der Waals surface area contributed by atoms with Gasteiger partial charge in [-0.25, -0.2) is 0 Å².